The predicted molar refractivity (Wildman–Crippen MR) is 68.7 cm³/mol. The molecule has 2 N–H and O–H groups in total. The topological polar surface area (TPSA) is 95.9 Å². The minimum Gasteiger partial charge on any atom is -0.480 e. The minimum absolute atomic E-state index is 0.226. The second-order valence-electron chi connectivity index (χ2n) is 5.25. The molecule has 1 atom stereocenters. The first-order valence-corrected chi connectivity index (χ1v) is 5.99. The third kappa shape index (κ3) is 6.08. The van der Waals surface area contributed by atoms with Crippen molar-refractivity contribution in [1.29, 1.82) is 0 Å². The van der Waals surface area contributed by atoms with Gasteiger partial charge in [0, 0.05) is 7.05 Å². The molecular formula is C12H22N2O5. The molecule has 0 saturated carbocycles. The van der Waals surface area contributed by atoms with E-state index in [2.05, 4.69) is 5.32 Å². The Morgan fingerprint density at radius 3 is 2.21 bits per heavy atom. The van der Waals surface area contributed by atoms with E-state index in [-0.39, 0.29) is 13.2 Å². The number of esters is 1. The molecule has 0 saturated heterocycles. The molecule has 0 aliphatic heterocycles. The summed E-state index contributed by atoms with van der Waals surface area (Å²) in [4.78, 5) is 35.2. The Bertz CT molecular complexity index is 349. The van der Waals surface area contributed by atoms with E-state index in [1.807, 2.05) is 0 Å². The summed E-state index contributed by atoms with van der Waals surface area (Å²) in [6.07, 6.45) is 0. The van der Waals surface area contributed by atoms with Crippen LogP contribution in [0.5, 0.6) is 0 Å². The van der Waals surface area contributed by atoms with Crippen LogP contribution in [0.1, 0.15) is 27.7 Å². The van der Waals surface area contributed by atoms with Crippen molar-refractivity contribution in [3.63, 3.8) is 0 Å². The Morgan fingerprint density at radius 1 is 1.32 bits per heavy atom. The van der Waals surface area contributed by atoms with Crippen LogP contribution in [0.15, 0.2) is 0 Å². The summed E-state index contributed by atoms with van der Waals surface area (Å²) in [5.41, 5.74) is -0.633. The summed E-state index contributed by atoms with van der Waals surface area (Å²) in [5, 5.41) is 11.5. The summed E-state index contributed by atoms with van der Waals surface area (Å²) >= 11 is 0. The van der Waals surface area contributed by atoms with E-state index >= 15 is 0 Å². The first-order chi connectivity index (χ1) is 8.59. The molecule has 7 heteroatoms. The Labute approximate surface area is 112 Å². The second-order valence-corrected chi connectivity index (χ2v) is 5.25. The highest BCUT2D eigenvalue weighted by atomic mass is 16.5. The van der Waals surface area contributed by atoms with Gasteiger partial charge in [0.25, 0.3) is 0 Å². The Hall–Kier alpha value is -1.79. The summed E-state index contributed by atoms with van der Waals surface area (Å²) < 4.78 is 4.71. The second kappa shape index (κ2) is 6.96. The molecule has 0 aromatic carbocycles. The molecule has 7 nitrogen and oxygen atoms in total. The van der Waals surface area contributed by atoms with E-state index in [0.717, 1.165) is 4.90 Å². The van der Waals surface area contributed by atoms with Crippen LogP contribution in [0.3, 0.4) is 0 Å². The molecule has 0 aromatic rings. The number of nitrogens with zero attached hydrogens (tertiary/aromatic N) is 1. The maximum Gasteiger partial charge on any atom is 0.326 e. The first-order valence-electron chi connectivity index (χ1n) is 5.99. The van der Waals surface area contributed by atoms with Gasteiger partial charge in [-0.2, -0.15) is 0 Å². The fraction of sp³-hybridized carbons (Fsp3) is 0.750. The van der Waals surface area contributed by atoms with Crippen LogP contribution in [0.4, 0.5) is 4.79 Å². The highest BCUT2D eigenvalue weighted by molar-refractivity contribution is 5.85. The molecule has 19 heavy (non-hydrogen) atoms. The first kappa shape index (κ1) is 17.2. The van der Waals surface area contributed by atoms with E-state index in [1.54, 1.807) is 27.7 Å². The van der Waals surface area contributed by atoms with Crippen molar-refractivity contribution in [2.45, 2.75) is 33.7 Å². The van der Waals surface area contributed by atoms with Crippen LogP contribution in [0, 0.1) is 5.41 Å². The zero-order chi connectivity index (χ0) is 15.2. The van der Waals surface area contributed by atoms with Crippen molar-refractivity contribution in [3.05, 3.63) is 0 Å². The number of nitrogens with one attached hydrogen (secondary N) is 1. The van der Waals surface area contributed by atoms with E-state index in [9.17, 15) is 14.4 Å². The fourth-order valence-corrected chi connectivity index (χ4v) is 1.35. The average Bonchev–Trinajstić information content (AvgIpc) is 2.23. The third-order valence-corrected chi connectivity index (χ3v) is 2.40. The lowest BCUT2D eigenvalue weighted by Crippen LogP contribution is -2.53. The van der Waals surface area contributed by atoms with Crippen LogP contribution < -0.4 is 5.32 Å². The summed E-state index contributed by atoms with van der Waals surface area (Å²) in [7, 11) is 1.40. The molecule has 2 amide bonds. The predicted octanol–water partition coefficient (Wildman–Crippen LogP) is 0.690. The van der Waals surface area contributed by atoms with Crippen LogP contribution in [0.2, 0.25) is 0 Å². The van der Waals surface area contributed by atoms with Crippen LogP contribution in [0.25, 0.3) is 0 Å². The van der Waals surface area contributed by atoms with Gasteiger partial charge in [-0.1, -0.05) is 20.8 Å². The lowest BCUT2D eigenvalue weighted by Gasteiger charge is -2.29. The number of hydrogen-bond donors (Lipinski definition) is 2. The summed E-state index contributed by atoms with van der Waals surface area (Å²) in [6.45, 7) is 6.79. The van der Waals surface area contributed by atoms with Crippen LogP contribution in [-0.4, -0.2) is 54.2 Å². The molecular weight excluding hydrogens is 252 g/mol. The van der Waals surface area contributed by atoms with E-state index < -0.39 is 29.4 Å². The number of amides is 2. The molecule has 0 aliphatic carbocycles. The van der Waals surface area contributed by atoms with Crippen molar-refractivity contribution in [3.8, 4) is 0 Å². The van der Waals surface area contributed by atoms with Crippen molar-refractivity contribution < 1.29 is 24.2 Å². The summed E-state index contributed by atoms with van der Waals surface area (Å²) in [6, 6.07) is -1.67. The van der Waals surface area contributed by atoms with Crippen molar-refractivity contribution in [2.75, 3.05) is 20.2 Å². The third-order valence-electron chi connectivity index (χ3n) is 2.40. The molecule has 0 heterocycles. The number of urea groups is 1. The standard InChI is InChI=1S/C12H22N2O5/c1-6-19-8(15)7-14(5)11(18)13-9(10(16)17)12(2,3)4/h9H,6-7H2,1-5H3,(H,13,18)(H,16,17)/t9-/m0/s1. The van der Waals surface area contributed by atoms with Crippen molar-refractivity contribution >= 4 is 18.0 Å². The number of hydrogen-bond acceptors (Lipinski definition) is 4. The number of carbonyl (C=O) groups is 3. The van der Waals surface area contributed by atoms with Gasteiger partial charge < -0.3 is 20.1 Å². The monoisotopic (exact) mass is 274 g/mol. The summed E-state index contributed by atoms with van der Waals surface area (Å²) in [5.74, 6) is -1.66. The van der Waals surface area contributed by atoms with E-state index in [1.165, 1.54) is 7.05 Å². The zero-order valence-electron chi connectivity index (χ0n) is 12.0. The van der Waals surface area contributed by atoms with Gasteiger partial charge in [0.2, 0.25) is 0 Å². The minimum atomic E-state index is -1.12. The SMILES string of the molecule is CCOC(=O)CN(C)C(=O)N[C@@H](C(=O)O)C(C)(C)C. The van der Waals surface area contributed by atoms with Crippen molar-refractivity contribution in [2.24, 2.45) is 5.41 Å². The number of ether oxygens (including phenoxy) is 1. The van der Waals surface area contributed by atoms with Gasteiger partial charge in [-0.3, -0.25) is 4.79 Å². The highest BCUT2D eigenvalue weighted by Gasteiger charge is 2.33. The molecule has 0 spiro atoms. The van der Waals surface area contributed by atoms with Crippen molar-refractivity contribution in [1.82, 2.24) is 10.2 Å². The lowest BCUT2D eigenvalue weighted by atomic mass is 9.87. The molecule has 0 bridgehead atoms. The van der Waals surface area contributed by atoms with Gasteiger partial charge in [-0.25, -0.2) is 9.59 Å². The molecule has 0 aliphatic rings. The van der Waals surface area contributed by atoms with Gasteiger partial charge in [0.1, 0.15) is 12.6 Å². The number of likely N-dealkylation sites (N-methyl/N-ethyl adjacent to an activating group) is 1. The molecule has 0 radical (unpaired) electrons. The van der Waals surface area contributed by atoms with Gasteiger partial charge in [0.15, 0.2) is 0 Å². The van der Waals surface area contributed by atoms with Crippen LogP contribution >= 0.6 is 0 Å². The smallest absolute Gasteiger partial charge is 0.326 e. The highest BCUT2D eigenvalue weighted by Crippen LogP contribution is 2.19. The van der Waals surface area contributed by atoms with E-state index in [0.29, 0.717) is 0 Å². The lowest BCUT2D eigenvalue weighted by molar-refractivity contribution is -0.143. The number of aliphatic carboxylic acids is 1. The van der Waals surface area contributed by atoms with Gasteiger partial charge in [-0.15, -0.1) is 0 Å². The normalized spacial score (nSPS) is 12.5. The van der Waals surface area contributed by atoms with E-state index in [4.69, 9.17) is 9.84 Å². The Balaban J connectivity index is 4.57. The number of rotatable bonds is 5. The van der Waals surface area contributed by atoms with Crippen LogP contribution in [-0.2, 0) is 14.3 Å². The molecule has 0 rings (SSSR count). The van der Waals surface area contributed by atoms with Gasteiger partial charge in [0.05, 0.1) is 6.61 Å². The molecule has 0 fully saturated rings. The maximum atomic E-state index is 11.8. The average molecular weight is 274 g/mol. The van der Waals surface area contributed by atoms with Gasteiger partial charge in [-0.05, 0) is 12.3 Å². The zero-order valence-corrected chi connectivity index (χ0v) is 12.0. The number of carbonyl (C=O) groups excluding carboxylic acids is 2. The molecule has 110 valence electrons. The maximum absolute atomic E-state index is 11.8. The van der Waals surface area contributed by atoms with Gasteiger partial charge >= 0.3 is 18.0 Å². The Kier molecular flexibility index (Phi) is 6.31. The fourth-order valence-electron chi connectivity index (χ4n) is 1.35. The number of carboxylic acid groups (broad SMARTS) is 1. The molecule has 0 aromatic heterocycles. The molecule has 0 unspecified atom stereocenters. The quantitative estimate of drug-likeness (QED) is 0.719. The largest absolute Gasteiger partial charge is 0.480 e. The Morgan fingerprint density at radius 2 is 1.84 bits per heavy atom. The number of carboxylic acids is 1.